The van der Waals surface area contributed by atoms with E-state index in [1.807, 2.05) is 0 Å². The minimum absolute atomic E-state index is 0.179. The third-order valence-corrected chi connectivity index (χ3v) is 8.00. The van der Waals surface area contributed by atoms with Gasteiger partial charge in [-0.3, -0.25) is 13.9 Å². The van der Waals surface area contributed by atoms with Crippen LogP contribution in [-0.4, -0.2) is 44.5 Å². The van der Waals surface area contributed by atoms with Crippen LogP contribution >= 0.6 is 15.2 Å². The first-order chi connectivity index (χ1) is 12.8. The highest BCUT2D eigenvalue weighted by Crippen LogP contribution is 2.55. The van der Waals surface area contributed by atoms with Gasteiger partial charge in [-0.2, -0.15) is 0 Å². The minimum atomic E-state index is -3.53. The Hall–Kier alpha value is -0.810. The molecule has 0 amide bonds. The molecule has 0 saturated heterocycles. The fourth-order valence-electron chi connectivity index (χ4n) is 2.67. The maximum atomic E-state index is 13.1. The second-order valence-electron chi connectivity index (χ2n) is 5.69. The Morgan fingerprint density at radius 1 is 0.778 bits per heavy atom. The Morgan fingerprint density at radius 2 is 1.15 bits per heavy atom. The van der Waals surface area contributed by atoms with Crippen molar-refractivity contribution in [3.05, 3.63) is 35.9 Å². The first-order valence-corrected chi connectivity index (χ1v) is 12.6. The molecule has 27 heavy (non-hydrogen) atoms. The van der Waals surface area contributed by atoms with Crippen LogP contribution in [0.2, 0.25) is 0 Å². The third kappa shape index (κ3) is 7.98. The summed E-state index contributed by atoms with van der Waals surface area (Å²) >= 11 is 0. The number of ketones is 1. The highest BCUT2D eigenvalue weighted by molar-refractivity contribution is 7.55. The summed E-state index contributed by atoms with van der Waals surface area (Å²) in [6.45, 7) is 7.51. The molecule has 0 heterocycles. The van der Waals surface area contributed by atoms with E-state index >= 15 is 0 Å². The van der Waals surface area contributed by atoms with Crippen LogP contribution in [0, 0.1) is 5.92 Å². The number of carbonyl (C=O) groups excluding carboxylic acids is 1. The molecule has 0 saturated carbocycles. The highest BCUT2D eigenvalue weighted by Gasteiger charge is 2.38. The molecule has 0 spiro atoms. The van der Waals surface area contributed by atoms with Crippen LogP contribution in [0.1, 0.15) is 38.1 Å². The lowest BCUT2D eigenvalue weighted by atomic mass is 10.0. The summed E-state index contributed by atoms with van der Waals surface area (Å²) in [6.07, 6.45) is -0.376. The summed E-state index contributed by atoms with van der Waals surface area (Å²) in [4.78, 5) is 13.1. The molecule has 1 aromatic carbocycles. The molecule has 154 valence electrons. The van der Waals surface area contributed by atoms with Gasteiger partial charge >= 0.3 is 15.2 Å². The van der Waals surface area contributed by atoms with Crippen LogP contribution in [-0.2, 0) is 27.2 Å². The van der Waals surface area contributed by atoms with Gasteiger partial charge in [-0.05, 0) is 27.7 Å². The fourth-order valence-corrected chi connectivity index (χ4v) is 6.69. The molecule has 0 aromatic heterocycles. The van der Waals surface area contributed by atoms with E-state index in [2.05, 4.69) is 0 Å². The van der Waals surface area contributed by atoms with E-state index in [1.54, 1.807) is 58.0 Å². The maximum absolute atomic E-state index is 13.1. The monoisotopic (exact) mass is 420 g/mol. The molecule has 0 atom stereocenters. The van der Waals surface area contributed by atoms with Gasteiger partial charge in [0.15, 0.2) is 5.78 Å². The van der Waals surface area contributed by atoms with Gasteiger partial charge in [-0.15, -0.1) is 0 Å². The Labute approximate surface area is 161 Å². The van der Waals surface area contributed by atoms with Crippen molar-refractivity contribution in [2.75, 3.05) is 38.8 Å². The van der Waals surface area contributed by atoms with Crippen LogP contribution < -0.4 is 0 Å². The predicted octanol–water partition coefficient (Wildman–Crippen LogP) is 5.02. The average molecular weight is 420 g/mol. The molecular weight excluding hydrogens is 390 g/mol. The van der Waals surface area contributed by atoms with Crippen molar-refractivity contribution in [2.24, 2.45) is 5.92 Å². The number of hydrogen-bond donors (Lipinski definition) is 0. The number of Topliss-reactive ketones (excluding diaryl/α,β-unsaturated/α-hetero) is 1. The molecule has 1 rings (SSSR count). The molecular formula is C18H30O7P2. The lowest BCUT2D eigenvalue weighted by Gasteiger charge is -2.25. The van der Waals surface area contributed by atoms with Gasteiger partial charge in [0, 0.05) is 11.5 Å². The predicted molar refractivity (Wildman–Crippen MR) is 106 cm³/mol. The standard InChI is InChI=1S/C18H30O7P2/c1-5-22-26(20,23-6-2)14-17(15-27(21,24-7-3)25-8-4)18(19)16-12-10-9-11-13-16/h9-13,17H,5-8,14-15H2,1-4H3. The van der Waals surface area contributed by atoms with Crippen LogP contribution in [0.3, 0.4) is 0 Å². The van der Waals surface area contributed by atoms with E-state index in [0.29, 0.717) is 5.56 Å². The molecule has 0 N–H and O–H groups in total. The summed E-state index contributed by atoms with van der Waals surface area (Å²) in [6, 6.07) is 8.59. The lowest BCUT2D eigenvalue weighted by molar-refractivity contribution is 0.0927. The Morgan fingerprint density at radius 3 is 1.48 bits per heavy atom. The number of hydrogen-bond acceptors (Lipinski definition) is 7. The second-order valence-corrected chi connectivity index (χ2v) is 9.89. The van der Waals surface area contributed by atoms with Crippen molar-refractivity contribution in [3.63, 3.8) is 0 Å². The van der Waals surface area contributed by atoms with Crippen LogP contribution in [0.15, 0.2) is 30.3 Å². The topological polar surface area (TPSA) is 88.1 Å². The molecule has 0 unspecified atom stereocenters. The van der Waals surface area contributed by atoms with Gasteiger partial charge < -0.3 is 18.1 Å². The number of rotatable bonds is 14. The number of benzene rings is 1. The van der Waals surface area contributed by atoms with Crippen molar-refractivity contribution in [3.8, 4) is 0 Å². The minimum Gasteiger partial charge on any atom is -0.309 e. The zero-order valence-corrected chi connectivity index (χ0v) is 18.2. The number of carbonyl (C=O) groups is 1. The van der Waals surface area contributed by atoms with Crippen molar-refractivity contribution in [1.29, 1.82) is 0 Å². The van der Waals surface area contributed by atoms with Crippen molar-refractivity contribution >= 4 is 21.0 Å². The molecule has 0 aliphatic carbocycles. The Kier molecular flexibility index (Phi) is 10.7. The molecule has 0 aliphatic heterocycles. The average Bonchev–Trinajstić information content (AvgIpc) is 2.62. The van der Waals surface area contributed by atoms with Gasteiger partial charge in [0.25, 0.3) is 0 Å². The summed E-state index contributed by atoms with van der Waals surface area (Å²) in [5.41, 5.74) is 0.432. The van der Waals surface area contributed by atoms with E-state index in [9.17, 15) is 13.9 Å². The normalized spacial score (nSPS) is 12.5. The van der Waals surface area contributed by atoms with Gasteiger partial charge in [-0.25, -0.2) is 0 Å². The maximum Gasteiger partial charge on any atom is 0.331 e. The molecule has 7 nitrogen and oxygen atoms in total. The van der Waals surface area contributed by atoms with Crippen molar-refractivity contribution in [2.45, 2.75) is 27.7 Å². The zero-order chi connectivity index (χ0) is 20.3. The van der Waals surface area contributed by atoms with Crippen LogP contribution in [0.25, 0.3) is 0 Å². The highest BCUT2D eigenvalue weighted by atomic mass is 31.2. The summed E-state index contributed by atoms with van der Waals surface area (Å²) in [5, 5.41) is 0. The summed E-state index contributed by atoms with van der Waals surface area (Å²) in [5.74, 6) is -1.19. The first-order valence-electron chi connectivity index (χ1n) is 9.18. The van der Waals surface area contributed by atoms with E-state index < -0.39 is 21.1 Å². The van der Waals surface area contributed by atoms with E-state index in [-0.39, 0.29) is 44.5 Å². The van der Waals surface area contributed by atoms with Gasteiger partial charge in [-0.1, -0.05) is 30.3 Å². The van der Waals surface area contributed by atoms with E-state index in [4.69, 9.17) is 18.1 Å². The Bertz CT molecular complexity index is 611. The first kappa shape index (κ1) is 24.2. The third-order valence-electron chi connectivity index (χ3n) is 3.62. The molecule has 0 radical (unpaired) electrons. The molecule has 0 aliphatic rings. The van der Waals surface area contributed by atoms with Crippen LogP contribution in [0.5, 0.6) is 0 Å². The largest absolute Gasteiger partial charge is 0.331 e. The Balaban J connectivity index is 3.20. The molecule has 9 heteroatoms. The van der Waals surface area contributed by atoms with Gasteiger partial charge in [0.1, 0.15) is 0 Å². The fraction of sp³-hybridized carbons (Fsp3) is 0.611. The summed E-state index contributed by atoms with van der Waals surface area (Å²) in [7, 11) is -7.05. The van der Waals surface area contributed by atoms with E-state index in [1.165, 1.54) is 0 Å². The zero-order valence-electron chi connectivity index (χ0n) is 16.5. The van der Waals surface area contributed by atoms with Gasteiger partial charge in [0.2, 0.25) is 0 Å². The quantitative estimate of drug-likeness (QED) is 0.308. The summed E-state index contributed by atoms with van der Waals surface area (Å²) < 4.78 is 47.3. The SMILES string of the molecule is CCOP(=O)(CC(CP(=O)(OCC)OCC)C(=O)c1ccccc1)OCC. The lowest BCUT2D eigenvalue weighted by Crippen LogP contribution is -2.25. The second kappa shape index (κ2) is 11.9. The molecule has 0 fully saturated rings. The van der Waals surface area contributed by atoms with Crippen molar-refractivity contribution in [1.82, 2.24) is 0 Å². The van der Waals surface area contributed by atoms with Crippen molar-refractivity contribution < 1.29 is 32.0 Å². The van der Waals surface area contributed by atoms with Gasteiger partial charge in [0.05, 0.1) is 38.8 Å². The smallest absolute Gasteiger partial charge is 0.309 e. The molecule has 0 bridgehead atoms. The van der Waals surface area contributed by atoms with E-state index in [0.717, 1.165) is 0 Å². The molecule has 1 aromatic rings. The van der Waals surface area contributed by atoms with Crippen LogP contribution in [0.4, 0.5) is 0 Å².